The van der Waals surface area contributed by atoms with E-state index in [1.807, 2.05) is 26.2 Å². The summed E-state index contributed by atoms with van der Waals surface area (Å²) in [5.41, 5.74) is 8.78. The predicted molar refractivity (Wildman–Crippen MR) is 81.5 cm³/mol. The highest BCUT2D eigenvalue weighted by atomic mass is 16.1. The number of carbonyl (C=O) groups is 1. The molecule has 0 bridgehead atoms. The van der Waals surface area contributed by atoms with Crippen molar-refractivity contribution < 1.29 is 4.79 Å². The van der Waals surface area contributed by atoms with Crippen LogP contribution in [0.15, 0.2) is 30.6 Å². The molecule has 0 aliphatic heterocycles. The Balaban J connectivity index is 2.08. The third kappa shape index (κ3) is 3.94. The zero-order chi connectivity index (χ0) is 15.2. The molecule has 5 heteroatoms. The number of rotatable bonds is 3. The maximum Gasteiger partial charge on any atom is 0.251 e. The van der Waals surface area contributed by atoms with Gasteiger partial charge in [-0.1, -0.05) is 17.9 Å². The number of nitrogens with two attached hydrogens (primary N) is 1. The second kappa shape index (κ2) is 6.73. The number of benzene rings is 1. The summed E-state index contributed by atoms with van der Waals surface area (Å²) in [6.07, 6.45) is 3.60. The maximum atomic E-state index is 12.2. The van der Waals surface area contributed by atoms with Crippen molar-refractivity contribution in [1.82, 2.24) is 15.1 Å². The minimum absolute atomic E-state index is 0.130. The monoisotopic (exact) mass is 282 g/mol. The lowest BCUT2D eigenvalue weighted by Gasteiger charge is -2.06. The van der Waals surface area contributed by atoms with Gasteiger partial charge in [-0.2, -0.15) is 5.10 Å². The first-order chi connectivity index (χ1) is 10.1. The Bertz CT molecular complexity index is 707. The molecule has 0 unspecified atom stereocenters. The van der Waals surface area contributed by atoms with Gasteiger partial charge in [0.05, 0.1) is 12.7 Å². The fourth-order valence-electron chi connectivity index (χ4n) is 1.89. The number of aryl methyl sites for hydroxylation is 2. The summed E-state index contributed by atoms with van der Waals surface area (Å²) in [7, 11) is 1.84. The summed E-state index contributed by atoms with van der Waals surface area (Å²) < 4.78 is 1.70. The number of amides is 1. The van der Waals surface area contributed by atoms with Crippen LogP contribution in [0.1, 0.15) is 27.0 Å². The molecule has 1 aromatic heterocycles. The number of hydrogen-bond donors (Lipinski definition) is 2. The van der Waals surface area contributed by atoms with Gasteiger partial charge < -0.3 is 11.1 Å². The van der Waals surface area contributed by atoms with Gasteiger partial charge >= 0.3 is 0 Å². The fourth-order valence-corrected chi connectivity index (χ4v) is 1.89. The van der Waals surface area contributed by atoms with E-state index in [1.54, 1.807) is 23.0 Å². The van der Waals surface area contributed by atoms with Crippen molar-refractivity contribution >= 4 is 5.91 Å². The minimum atomic E-state index is -0.130. The average molecular weight is 282 g/mol. The van der Waals surface area contributed by atoms with Crippen molar-refractivity contribution in [2.24, 2.45) is 12.8 Å². The van der Waals surface area contributed by atoms with E-state index in [0.29, 0.717) is 18.7 Å². The molecule has 108 valence electrons. The molecule has 2 aromatic rings. The zero-order valence-electron chi connectivity index (χ0n) is 12.2. The smallest absolute Gasteiger partial charge is 0.251 e. The number of nitrogens with zero attached hydrogens (tertiary/aromatic N) is 2. The molecular weight excluding hydrogens is 264 g/mol. The quantitative estimate of drug-likeness (QED) is 0.824. The van der Waals surface area contributed by atoms with Gasteiger partial charge in [0.25, 0.3) is 5.91 Å². The van der Waals surface area contributed by atoms with Crippen LogP contribution < -0.4 is 11.1 Å². The van der Waals surface area contributed by atoms with Gasteiger partial charge in [-0.3, -0.25) is 9.48 Å². The van der Waals surface area contributed by atoms with Crippen molar-refractivity contribution in [1.29, 1.82) is 0 Å². The first-order valence-electron chi connectivity index (χ1n) is 6.65. The van der Waals surface area contributed by atoms with Crippen LogP contribution >= 0.6 is 0 Å². The van der Waals surface area contributed by atoms with Gasteiger partial charge in [0.1, 0.15) is 0 Å². The van der Waals surface area contributed by atoms with Crippen LogP contribution in [-0.2, 0) is 13.6 Å². The molecule has 1 aromatic carbocycles. The third-order valence-electron chi connectivity index (χ3n) is 3.04. The molecule has 2 rings (SSSR count). The average Bonchev–Trinajstić information content (AvgIpc) is 2.89. The third-order valence-corrected chi connectivity index (χ3v) is 3.04. The Labute approximate surface area is 124 Å². The second-order valence-corrected chi connectivity index (χ2v) is 4.74. The van der Waals surface area contributed by atoms with E-state index in [-0.39, 0.29) is 5.91 Å². The summed E-state index contributed by atoms with van der Waals surface area (Å²) in [5, 5.41) is 6.93. The highest BCUT2D eigenvalue weighted by Gasteiger charge is 2.07. The van der Waals surface area contributed by atoms with Gasteiger partial charge in [-0.15, -0.1) is 0 Å². The standard InChI is InChI=1S/C16H18N4O/c1-12-5-6-15(8-14(12)4-3-7-17)16(21)18-9-13-10-19-20(2)11-13/h5-6,8,10-11H,7,9,17H2,1-2H3,(H,18,21). The van der Waals surface area contributed by atoms with Crippen molar-refractivity contribution in [2.45, 2.75) is 13.5 Å². The summed E-state index contributed by atoms with van der Waals surface area (Å²) in [6.45, 7) is 2.71. The molecule has 3 N–H and O–H groups in total. The summed E-state index contributed by atoms with van der Waals surface area (Å²) in [5.74, 6) is 5.65. The molecule has 1 amide bonds. The van der Waals surface area contributed by atoms with E-state index < -0.39 is 0 Å². The maximum absolute atomic E-state index is 12.2. The molecule has 5 nitrogen and oxygen atoms in total. The van der Waals surface area contributed by atoms with Crippen LogP contribution in [0, 0.1) is 18.8 Å². The van der Waals surface area contributed by atoms with Crippen LogP contribution in [0.2, 0.25) is 0 Å². The molecule has 0 saturated carbocycles. The van der Waals surface area contributed by atoms with E-state index >= 15 is 0 Å². The van der Waals surface area contributed by atoms with E-state index in [0.717, 1.165) is 16.7 Å². The highest BCUT2D eigenvalue weighted by Crippen LogP contribution is 2.10. The molecule has 0 aliphatic rings. The highest BCUT2D eigenvalue weighted by molar-refractivity contribution is 5.94. The Morgan fingerprint density at radius 1 is 1.48 bits per heavy atom. The van der Waals surface area contributed by atoms with Crippen molar-refractivity contribution in [3.63, 3.8) is 0 Å². The van der Waals surface area contributed by atoms with E-state index in [2.05, 4.69) is 22.3 Å². The van der Waals surface area contributed by atoms with Gasteiger partial charge in [0, 0.05) is 36.5 Å². The number of nitrogens with one attached hydrogen (secondary N) is 1. The SMILES string of the molecule is Cc1ccc(C(=O)NCc2cnn(C)c2)cc1C#CCN. The molecule has 1 heterocycles. The van der Waals surface area contributed by atoms with Crippen LogP contribution in [0.5, 0.6) is 0 Å². The molecule has 0 spiro atoms. The lowest BCUT2D eigenvalue weighted by atomic mass is 10.0. The Kier molecular flexibility index (Phi) is 4.75. The number of carbonyl (C=O) groups excluding carboxylic acids is 1. The Hall–Kier alpha value is -2.58. The largest absolute Gasteiger partial charge is 0.348 e. The summed E-state index contributed by atoms with van der Waals surface area (Å²) in [6, 6.07) is 5.47. The first kappa shape index (κ1) is 14.8. The molecule has 21 heavy (non-hydrogen) atoms. The van der Waals surface area contributed by atoms with Crippen LogP contribution in [-0.4, -0.2) is 22.2 Å². The fraction of sp³-hybridized carbons (Fsp3) is 0.250. The molecular formula is C16H18N4O. The lowest BCUT2D eigenvalue weighted by Crippen LogP contribution is -2.22. The zero-order valence-corrected chi connectivity index (χ0v) is 12.2. The van der Waals surface area contributed by atoms with Crippen molar-refractivity contribution in [3.8, 4) is 11.8 Å². The van der Waals surface area contributed by atoms with Crippen molar-refractivity contribution in [3.05, 3.63) is 52.8 Å². The van der Waals surface area contributed by atoms with Gasteiger partial charge in [0.2, 0.25) is 0 Å². The molecule has 0 radical (unpaired) electrons. The van der Waals surface area contributed by atoms with Crippen molar-refractivity contribution in [2.75, 3.05) is 6.54 Å². The first-order valence-corrected chi connectivity index (χ1v) is 6.65. The van der Waals surface area contributed by atoms with Crippen LogP contribution in [0.25, 0.3) is 0 Å². The second-order valence-electron chi connectivity index (χ2n) is 4.74. The molecule has 0 saturated heterocycles. The Morgan fingerprint density at radius 2 is 2.29 bits per heavy atom. The number of aromatic nitrogens is 2. The summed E-state index contributed by atoms with van der Waals surface area (Å²) >= 11 is 0. The minimum Gasteiger partial charge on any atom is -0.348 e. The molecule has 0 fully saturated rings. The predicted octanol–water partition coefficient (Wildman–Crippen LogP) is 0.969. The van der Waals surface area contributed by atoms with Gasteiger partial charge in [0.15, 0.2) is 0 Å². The van der Waals surface area contributed by atoms with E-state index in [4.69, 9.17) is 5.73 Å². The van der Waals surface area contributed by atoms with Crippen LogP contribution in [0.4, 0.5) is 0 Å². The van der Waals surface area contributed by atoms with Gasteiger partial charge in [-0.25, -0.2) is 0 Å². The lowest BCUT2D eigenvalue weighted by molar-refractivity contribution is 0.0951. The topological polar surface area (TPSA) is 72.9 Å². The van der Waals surface area contributed by atoms with E-state index in [9.17, 15) is 4.79 Å². The summed E-state index contributed by atoms with van der Waals surface area (Å²) in [4.78, 5) is 12.2. The van der Waals surface area contributed by atoms with Gasteiger partial charge in [-0.05, 0) is 24.6 Å². The number of hydrogen-bond acceptors (Lipinski definition) is 3. The molecule has 0 atom stereocenters. The van der Waals surface area contributed by atoms with E-state index in [1.165, 1.54) is 0 Å². The Morgan fingerprint density at radius 3 is 2.95 bits per heavy atom. The van der Waals surface area contributed by atoms with Crippen LogP contribution in [0.3, 0.4) is 0 Å². The molecule has 0 aliphatic carbocycles. The normalized spacial score (nSPS) is 9.86.